The van der Waals surface area contributed by atoms with E-state index in [9.17, 15) is 0 Å². The standard InChI is InChI=1S/C10H17NS/c1-2-3-7-11-8-6-10-5-4-9-12-10/h4-5,9,11H,2-3,6-8H2,1H3. The van der Waals surface area contributed by atoms with E-state index in [1.54, 1.807) is 0 Å². The van der Waals surface area contributed by atoms with Gasteiger partial charge in [-0.3, -0.25) is 0 Å². The molecule has 0 aliphatic carbocycles. The number of hydrogen-bond donors (Lipinski definition) is 1. The highest BCUT2D eigenvalue weighted by molar-refractivity contribution is 7.09. The van der Waals surface area contributed by atoms with Crippen molar-refractivity contribution < 1.29 is 0 Å². The van der Waals surface area contributed by atoms with Gasteiger partial charge in [-0.2, -0.15) is 0 Å². The van der Waals surface area contributed by atoms with Gasteiger partial charge in [0.15, 0.2) is 0 Å². The second-order valence-electron chi connectivity index (χ2n) is 2.93. The molecule has 0 spiro atoms. The van der Waals surface area contributed by atoms with E-state index in [4.69, 9.17) is 0 Å². The molecule has 2 heteroatoms. The Morgan fingerprint density at radius 3 is 3.00 bits per heavy atom. The minimum Gasteiger partial charge on any atom is -0.316 e. The Bertz CT molecular complexity index is 182. The van der Waals surface area contributed by atoms with Crippen LogP contribution in [0.25, 0.3) is 0 Å². The van der Waals surface area contributed by atoms with Crippen molar-refractivity contribution in [2.24, 2.45) is 0 Å². The molecule has 0 atom stereocenters. The SMILES string of the molecule is CCCCNCCc1cccs1. The molecule has 1 heterocycles. The van der Waals surface area contributed by atoms with Crippen molar-refractivity contribution in [3.63, 3.8) is 0 Å². The average molecular weight is 183 g/mol. The van der Waals surface area contributed by atoms with Crippen molar-refractivity contribution in [3.05, 3.63) is 22.4 Å². The molecular formula is C10H17NS. The fourth-order valence-electron chi connectivity index (χ4n) is 1.09. The van der Waals surface area contributed by atoms with Crippen molar-refractivity contribution >= 4 is 11.3 Å². The van der Waals surface area contributed by atoms with E-state index in [1.165, 1.54) is 30.7 Å². The molecule has 0 radical (unpaired) electrons. The van der Waals surface area contributed by atoms with Gasteiger partial charge >= 0.3 is 0 Å². The van der Waals surface area contributed by atoms with E-state index in [0.29, 0.717) is 0 Å². The Hall–Kier alpha value is -0.340. The summed E-state index contributed by atoms with van der Waals surface area (Å²) in [6.07, 6.45) is 3.76. The van der Waals surface area contributed by atoms with Crippen molar-refractivity contribution in [1.29, 1.82) is 0 Å². The molecule has 1 aromatic heterocycles. The van der Waals surface area contributed by atoms with Crippen LogP contribution in [0.3, 0.4) is 0 Å². The molecule has 12 heavy (non-hydrogen) atoms. The maximum absolute atomic E-state index is 3.43. The summed E-state index contributed by atoms with van der Waals surface area (Å²) in [6.45, 7) is 4.52. The Morgan fingerprint density at radius 2 is 2.33 bits per heavy atom. The van der Waals surface area contributed by atoms with Gasteiger partial charge in [-0.15, -0.1) is 11.3 Å². The van der Waals surface area contributed by atoms with Crippen LogP contribution in [0.5, 0.6) is 0 Å². The molecule has 0 fully saturated rings. The van der Waals surface area contributed by atoms with Crippen LogP contribution in [0.15, 0.2) is 17.5 Å². The summed E-state index contributed by atoms with van der Waals surface area (Å²) in [5.41, 5.74) is 0. The van der Waals surface area contributed by atoms with Crippen LogP contribution < -0.4 is 5.32 Å². The van der Waals surface area contributed by atoms with E-state index < -0.39 is 0 Å². The minimum absolute atomic E-state index is 1.13. The Kier molecular flexibility index (Phi) is 5.04. The fraction of sp³-hybridized carbons (Fsp3) is 0.600. The number of hydrogen-bond acceptors (Lipinski definition) is 2. The molecular weight excluding hydrogens is 166 g/mol. The van der Waals surface area contributed by atoms with Gasteiger partial charge in [0.25, 0.3) is 0 Å². The van der Waals surface area contributed by atoms with Crippen molar-refractivity contribution in [1.82, 2.24) is 5.32 Å². The number of thiophene rings is 1. The van der Waals surface area contributed by atoms with E-state index >= 15 is 0 Å². The van der Waals surface area contributed by atoms with Crippen LogP contribution in [0.2, 0.25) is 0 Å². The van der Waals surface area contributed by atoms with Crippen molar-refractivity contribution in [2.75, 3.05) is 13.1 Å². The topological polar surface area (TPSA) is 12.0 Å². The first-order valence-electron chi connectivity index (χ1n) is 4.66. The molecule has 1 aromatic rings. The summed E-state index contributed by atoms with van der Waals surface area (Å²) in [5, 5.41) is 5.57. The molecule has 68 valence electrons. The Morgan fingerprint density at radius 1 is 1.42 bits per heavy atom. The molecule has 1 nitrogen and oxygen atoms in total. The summed E-state index contributed by atoms with van der Waals surface area (Å²) in [4.78, 5) is 1.49. The molecule has 0 aromatic carbocycles. The number of nitrogens with one attached hydrogen (secondary N) is 1. The van der Waals surface area contributed by atoms with Crippen LogP contribution in [-0.2, 0) is 6.42 Å². The van der Waals surface area contributed by atoms with Gasteiger partial charge < -0.3 is 5.32 Å². The average Bonchev–Trinajstić information content (AvgIpc) is 2.57. The lowest BCUT2D eigenvalue weighted by atomic mass is 10.3. The largest absolute Gasteiger partial charge is 0.316 e. The molecule has 0 aliphatic heterocycles. The molecule has 0 amide bonds. The quantitative estimate of drug-likeness (QED) is 0.669. The predicted octanol–water partition coefficient (Wildman–Crippen LogP) is 2.68. The summed E-state index contributed by atoms with van der Waals surface area (Å²) in [6, 6.07) is 4.32. The number of rotatable bonds is 6. The molecule has 1 N–H and O–H groups in total. The lowest BCUT2D eigenvalue weighted by molar-refractivity contribution is 0.642. The first-order chi connectivity index (χ1) is 5.93. The molecule has 0 bridgehead atoms. The zero-order valence-electron chi connectivity index (χ0n) is 7.68. The second-order valence-corrected chi connectivity index (χ2v) is 3.97. The smallest absolute Gasteiger partial charge is 0.00578 e. The molecule has 1 rings (SSSR count). The highest BCUT2D eigenvalue weighted by Gasteiger charge is 1.91. The number of unbranched alkanes of at least 4 members (excludes halogenated alkanes) is 1. The summed E-state index contributed by atoms with van der Waals surface area (Å²) in [7, 11) is 0. The predicted molar refractivity (Wildman–Crippen MR) is 55.8 cm³/mol. The third kappa shape index (κ3) is 3.88. The van der Waals surface area contributed by atoms with Gasteiger partial charge in [0, 0.05) is 4.88 Å². The zero-order valence-corrected chi connectivity index (χ0v) is 8.49. The molecule has 0 unspecified atom stereocenters. The van der Waals surface area contributed by atoms with E-state index in [0.717, 1.165) is 6.54 Å². The van der Waals surface area contributed by atoms with Gasteiger partial charge in [0.1, 0.15) is 0 Å². The summed E-state index contributed by atoms with van der Waals surface area (Å²) < 4.78 is 0. The van der Waals surface area contributed by atoms with Crippen LogP contribution >= 0.6 is 11.3 Å². The molecule has 0 aliphatic rings. The maximum atomic E-state index is 3.43. The second kappa shape index (κ2) is 6.21. The highest BCUT2D eigenvalue weighted by Crippen LogP contribution is 2.07. The van der Waals surface area contributed by atoms with E-state index in [2.05, 4.69) is 29.8 Å². The third-order valence-electron chi connectivity index (χ3n) is 1.84. The highest BCUT2D eigenvalue weighted by atomic mass is 32.1. The minimum atomic E-state index is 1.13. The lowest BCUT2D eigenvalue weighted by Crippen LogP contribution is -2.17. The van der Waals surface area contributed by atoms with Crippen LogP contribution in [0.4, 0.5) is 0 Å². The lowest BCUT2D eigenvalue weighted by Gasteiger charge is -2.01. The van der Waals surface area contributed by atoms with Gasteiger partial charge in [-0.05, 0) is 37.4 Å². The first kappa shape index (κ1) is 9.75. The molecule has 0 saturated carbocycles. The van der Waals surface area contributed by atoms with Gasteiger partial charge in [-0.1, -0.05) is 19.4 Å². The van der Waals surface area contributed by atoms with Gasteiger partial charge in [0.05, 0.1) is 0 Å². The van der Waals surface area contributed by atoms with Gasteiger partial charge in [0.2, 0.25) is 0 Å². The third-order valence-corrected chi connectivity index (χ3v) is 2.77. The Balaban J connectivity index is 1.96. The van der Waals surface area contributed by atoms with E-state index in [-0.39, 0.29) is 0 Å². The van der Waals surface area contributed by atoms with Crippen molar-refractivity contribution in [3.8, 4) is 0 Å². The normalized spacial score (nSPS) is 10.4. The van der Waals surface area contributed by atoms with Crippen LogP contribution in [0.1, 0.15) is 24.6 Å². The van der Waals surface area contributed by atoms with Crippen LogP contribution in [0, 0.1) is 0 Å². The monoisotopic (exact) mass is 183 g/mol. The summed E-state index contributed by atoms with van der Waals surface area (Å²) >= 11 is 1.85. The van der Waals surface area contributed by atoms with Crippen LogP contribution in [-0.4, -0.2) is 13.1 Å². The molecule has 0 saturated heterocycles. The van der Waals surface area contributed by atoms with Gasteiger partial charge in [-0.25, -0.2) is 0 Å². The zero-order chi connectivity index (χ0) is 8.65. The van der Waals surface area contributed by atoms with Crippen molar-refractivity contribution in [2.45, 2.75) is 26.2 Å². The maximum Gasteiger partial charge on any atom is 0.00578 e. The Labute approximate surface area is 78.8 Å². The summed E-state index contributed by atoms with van der Waals surface area (Å²) in [5.74, 6) is 0. The van der Waals surface area contributed by atoms with E-state index in [1.807, 2.05) is 11.3 Å². The fourth-order valence-corrected chi connectivity index (χ4v) is 1.80. The first-order valence-corrected chi connectivity index (χ1v) is 5.54.